The second-order valence-electron chi connectivity index (χ2n) is 6.92. The predicted molar refractivity (Wildman–Crippen MR) is 113 cm³/mol. The summed E-state index contributed by atoms with van der Waals surface area (Å²) in [4.78, 5) is 9.99. The van der Waals surface area contributed by atoms with E-state index in [0.717, 1.165) is 28.8 Å². The minimum absolute atomic E-state index is 0.0929. The summed E-state index contributed by atoms with van der Waals surface area (Å²) in [5, 5.41) is 11.4. The molecule has 0 saturated carbocycles. The fourth-order valence-corrected chi connectivity index (χ4v) is 3.36. The summed E-state index contributed by atoms with van der Waals surface area (Å²) >= 11 is 0. The highest BCUT2D eigenvalue weighted by atomic mass is 16.5. The lowest BCUT2D eigenvalue weighted by atomic mass is 10.1. The van der Waals surface area contributed by atoms with E-state index < -0.39 is 0 Å². The highest BCUT2D eigenvalue weighted by molar-refractivity contribution is 6.14. The van der Waals surface area contributed by atoms with Crippen molar-refractivity contribution in [3.63, 3.8) is 0 Å². The topological polar surface area (TPSA) is 70.1 Å². The van der Waals surface area contributed by atoms with E-state index in [9.17, 15) is 5.11 Å². The van der Waals surface area contributed by atoms with Crippen molar-refractivity contribution in [2.75, 3.05) is 28.3 Å². The maximum absolute atomic E-state index is 10.6. The van der Waals surface area contributed by atoms with Crippen LogP contribution in [0.5, 0.6) is 17.4 Å². The molecule has 28 heavy (non-hydrogen) atoms. The Hall–Kier alpha value is -2.99. The van der Waals surface area contributed by atoms with Crippen molar-refractivity contribution >= 4 is 22.3 Å². The highest BCUT2D eigenvalue weighted by Gasteiger charge is 2.18. The Morgan fingerprint density at radius 3 is 2.46 bits per heavy atom. The molecule has 6 heteroatoms. The fraction of sp³-hybridized carbons (Fsp3) is 0.318. The number of hydrogen-bond donors (Lipinski definition) is 2. The number of aliphatic imine (C=N–C) groups is 1. The van der Waals surface area contributed by atoms with Gasteiger partial charge in [0.15, 0.2) is 17.4 Å². The molecule has 0 aliphatic heterocycles. The number of nitrogens with zero attached hydrogens (tertiary/aromatic N) is 2. The van der Waals surface area contributed by atoms with Crippen LogP contribution in [0.2, 0.25) is 0 Å². The second-order valence-corrected chi connectivity index (χ2v) is 6.92. The molecule has 0 aliphatic carbocycles. The monoisotopic (exact) mass is 381 g/mol. The summed E-state index contributed by atoms with van der Waals surface area (Å²) in [5.74, 6) is 1.31. The van der Waals surface area contributed by atoms with Gasteiger partial charge in [-0.1, -0.05) is 19.1 Å². The van der Waals surface area contributed by atoms with E-state index in [1.165, 1.54) is 5.56 Å². The minimum Gasteiger partial charge on any atom is -0.494 e. The van der Waals surface area contributed by atoms with Crippen molar-refractivity contribution in [1.82, 2.24) is 9.88 Å². The van der Waals surface area contributed by atoms with Gasteiger partial charge in [-0.25, -0.2) is 0 Å². The van der Waals surface area contributed by atoms with Crippen LogP contribution < -0.4 is 9.47 Å². The SMILES string of the molecule is CCC(=Nc1cccc(CN(C)C)c1)c1c(O)[nH]c2cc(OC)c(OC)cc12. The van der Waals surface area contributed by atoms with Crippen molar-refractivity contribution in [3.05, 3.63) is 47.5 Å². The standard InChI is InChI=1S/C22H27N3O3/c1-6-17(23-15-9-7-8-14(10-15)13-25(2)3)21-16-11-19(27-4)20(28-5)12-18(16)24-22(21)26/h7-12,24,26H,6,13H2,1-5H3. The van der Waals surface area contributed by atoms with Crippen LogP contribution in [0.3, 0.4) is 0 Å². The van der Waals surface area contributed by atoms with Crippen LogP contribution in [0.1, 0.15) is 24.5 Å². The van der Waals surface area contributed by atoms with E-state index >= 15 is 0 Å². The number of H-pyrrole nitrogens is 1. The number of aromatic hydroxyl groups is 1. The van der Waals surface area contributed by atoms with Gasteiger partial charge in [0.25, 0.3) is 0 Å². The Kier molecular flexibility index (Phi) is 5.90. The Morgan fingerprint density at radius 2 is 1.82 bits per heavy atom. The summed E-state index contributed by atoms with van der Waals surface area (Å²) in [6.07, 6.45) is 0.673. The van der Waals surface area contributed by atoms with E-state index in [1.54, 1.807) is 14.2 Å². The van der Waals surface area contributed by atoms with Crippen LogP contribution in [-0.4, -0.2) is 49.0 Å². The van der Waals surface area contributed by atoms with E-state index in [-0.39, 0.29) is 5.88 Å². The summed E-state index contributed by atoms with van der Waals surface area (Å²) in [6.45, 7) is 2.88. The molecular weight excluding hydrogens is 354 g/mol. The number of aromatic amines is 1. The Bertz CT molecular complexity index is 1010. The zero-order valence-corrected chi connectivity index (χ0v) is 17.0. The highest BCUT2D eigenvalue weighted by Crippen LogP contribution is 2.37. The molecule has 0 atom stereocenters. The van der Waals surface area contributed by atoms with Gasteiger partial charge < -0.3 is 24.5 Å². The van der Waals surface area contributed by atoms with Gasteiger partial charge >= 0.3 is 0 Å². The van der Waals surface area contributed by atoms with Crippen LogP contribution in [0.25, 0.3) is 10.9 Å². The number of hydrogen-bond acceptors (Lipinski definition) is 5. The lowest BCUT2D eigenvalue weighted by Crippen LogP contribution is -2.10. The van der Waals surface area contributed by atoms with Crippen LogP contribution in [-0.2, 0) is 6.54 Å². The number of methoxy groups -OCH3 is 2. The summed E-state index contributed by atoms with van der Waals surface area (Å²) in [5.41, 5.74) is 4.32. The fourth-order valence-electron chi connectivity index (χ4n) is 3.36. The second kappa shape index (κ2) is 8.35. The van der Waals surface area contributed by atoms with E-state index in [0.29, 0.717) is 23.5 Å². The number of fused-ring (bicyclic) bond motifs is 1. The van der Waals surface area contributed by atoms with Crippen molar-refractivity contribution in [2.45, 2.75) is 19.9 Å². The normalized spacial score (nSPS) is 12.0. The molecule has 0 saturated heterocycles. The first-order valence-electron chi connectivity index (χ1n) is 9.25. The molecule has 0 radical (unpaired) electrons. The molecule has 0 fully saturated rings. The molecule has 6 nitrogen and oxygen atoms in total. The molecule has 3 aromatic rings. The van der Waals surface area contributed by atoms with Gasteiger partial charge in [0, 0.05) is 18.0 Å². The van der Waals surface area contributed by atoms with Crippen molar-refractivity contribution in [1.29, 1.82) is 0 Å². The number of ether oxygens (including phenoxy) is 2. The Morgan fingerprint density at radius 1 is 1.11 bits per heavy atom. The van der Waals surface area contributed by atoms with E-state index in [4.69, 9.17) is 14.5 Å². The number of nitrogens with one attached hydrogen (secondary N) is 1. The van der Waals surface area contributed by atoms with Crippen LogP contribution in [0, 0.1) is 0 Å². The van der Waals surface area contributed by atoms with Crippen molar-refractivity contribution in [3.8, 4) is 17.4 Å². The van der Waals surface area contributed by atoms with Crippen molar-refractivity contribution < 1.29 is 14.6 Å². The maximum Gasteiger partial charge on any atom is 0.198 e. The van der Waals surface area contributed by atoms with Gasteiger partial charge in [0.1, 0.15) is 0 Å². The van der Waals surface area contributed by atoms with Gasteiger partial charge in [-0.15, -0.1) is 0 Å². The largest absolute Gasteiger partial charge is 0.494 e. The van der Waals surface area contributed by atoms with E-state index in [2.05, 4.69) is 22.0 Å². The number of rotatable bonds is 7. The van der Waals surface area contributed by atoms with Gasteiger partial charge in [-0.2, -0.15) is 0 Å². The average molecular weight is 381 g/mol. The van der Waals surface area contributed by atoms with Gasteiger partial charge in [-0.3, -0.25) is 4.99 Å². The molecule has 2 aromatic carbocycles. The molecule has 0 unspecified atom stereocenters. The number of aromatic nitrogens is 1. The van der Waals surface area contributed by atoms with Gasteiger partial charge in [0.05, 0.1) is 36.7 Å². The quantitative estimate of drug-likeness (QED) is 0.592. The summed E-state index contributed by atoms with van der Waals surface area (Å²) in [7, 11) is 7.27. The summed E-state index contributed by atoms with van der Waals surface area (Å²) in [6, 6.07) is 11.8. The number of benzene rings is 2. The molecule has 2 N–H and O–H groups in total. The smallest absolute Gasteiger partial charge is 0.198 e. The van der Waals surface area contributed by atoms with Gasteiger partial charge in [-0.05, 0) is 44.3 Å². The van der Waals surface area contributed by atoms with Crippen molar-refractivity contribution in [2.24, 2.45) is 4.99 Å². The predicted octanol–water partition coefficient (Wildman–Crippen LogP) is 4.48. The molecule has 0 bridgehead atoms. The molecule has 0 aliphatic rings. The first-order valence-corrected chi connectivity index (χ1v) is 9.25. The molecule has 3 rings (SSSR count). The summed E-state index contributed by atoms with van der Waals surface area (Å²) < 4.78 is 10.8. The van der Waals surface area contributed by atoms with Crippen LogP contribution >= 0.6 is 0 Å². The zero-order chi connectivity index (χ0) is 20.3. The maximum atomic E-state index is 10.6. The molecule has 1 heterocycles. The molecule has 148 valence electrons. The third-order valence-electron chi connectivity index (χ3n) is 4.58. The molecule has 1 aromatic heterocycles. The lowest BCUT2D eigenvalue weighted by Gasteiger charge is -2.11. The molecule has 0 spiro atoms. The first kappa shape index (κ1) is 19.8. The van der Waals surface area contributed by atoms with Crippen LogP contribution in [0.4, 0.5) is 5.69 Å². The third kappa shape index (κ3) is 3.97. The van der Waals surface area contributed by atoms with Gasteiger partial charge in [0.2, 0.25) is 0 Å². The zero-order valence-electron chi connectivity index (χ0n) is 17.0. The lowest BCUT2D eigenvalue weighted by molar-refractivity contribution is 0.356. The Labute approximate surface area is 165 Å². The minimum atomic E-state index is 0.0929. The first-order chi connectivity index (χ1) is 13.5. The van der Waals surface area contributed by atoms with E-state index in [1.807, 2.05) is 45.3 Å². The molecular formula is C22H27N3O3. The molecule has 0 amide bonds. The third-order valence-corrected chi connectivity index (χ3v) is 4.58. The Balaban J connectivity index is 2.11. The van der Waals surface area contributed by atoms with Crippen LogP contribution in [0.15, 0.2) is 41.4 Å². The average Bonchev–Trinajstić information content (AvgIpc) is 2.99.